The number of nitrogen functional groups attached to an aromatic ring is 1. The summed E-state index contributed by atoms with van der Waals surface area (Å²) in [6.45, 7) is 0. The second-order valence-corrected chi connectivity index (χ2v) is 4.46. The summed E-state index contributed by atoms with van der Waals surface area (Å²) in [7, 11) is 0. The molecule has 92 valence electrons. The number of nitrogens with two attached hydrogens (primary N) is 1. The first-order valence-corrected chi connectivity index (χ1v) is 6.03. The van der Waals surface area contributed by atoms with Gasteiger partial charge in [0.25, 0.3) is 0 Å². The molecule has 0 atom stereocenters. The molecule has 4 aromatic rings. The number of hydrogen-bond acceptors (Lipinski definition) is 3. The van der Waals surface area contributed by atoms with Gasteiger partial charge in [-0.2, -0.15) is 4.98 Å². The standard InChI is InChI=1S/C15H11N3O/c16-14-13(17-15-18(14)7-8-19-15)12-6-5-10-3-1-2-4-11(10)9-12/h1-9H,16H2. The highest BCUT2D eigenvalue weighted by atomic mass is 16.3. The molecule has 2 aromatic carbocycles. The third kappa shape index (κ3) is 1.43. The molecule has 0 aliphatic rings. The summed E-state index contributed by atoms with van der Waals surface area (Å²) < 4.78 is 7.00. The lowest BCUT2D eigenvalue weighted by Crippen LogP contribution is -1.92. The minimum atomic E-state index is 0.514. The summed E-state index contributed by atoms with van der Waals surface area (Å²) in [6, 6.07) is 14.4. The number of fused-ring (bicyclic) bond motifs is 2. The van der Waals surface area contributed by atoms with Gasteiger partial charge in [0.15, 0.2) is 0 Å². The molecule has 4 nitrogen and oxygen atoms in total. The third-order valence-electron chi connectivity index (χ3n) is 3.32. The Labute approximate surface area is 109 Å². The molecule has 0 aliphatic carbocycles. The average Bonchev–Trinajstić information content (AvgIpc) is 3.02. The van der Waals surface area contributed by atoms with Crippen LogP contribution in [0, 0.1) is 0 Å². The maximum absolute atomic E-state index is 6.10. The smallest absolute Gasteiger partial charge is 0.307 e. The van der Waals surface area contributed by atoms with Crippen LogP contribution in [0.1, 0.15) is 0 Å². The van der Waals surface area contributed by atoms with Gasteiger partial charge in [-0.3, -0.25) is 4.40 Å². The fourth-order valence-electron chi connectivity index (χ4n) is 2.35. The Balaban J connectivity index is 1.98. The Hall–Kier alpha value is -2.75. The maximum atomic E-state index is 6.10. The molecule has 4 heteroatoms. The van der Waals surface area contributed by atoms with Gasteiger partial charge in [0.05, 0.1) is 6.20 Å². The summed E-state index contributed by atoms with van der Waals surface area (Å²) in [5.74, 6) is 1.11. The van der Waals surface area contributed by atoms with Crippen molar-refractivity contribution in [3.8, 4) is 11.3 Å². The van der Waals surface area contributed by atoms with E-state index in [2.05, 4.69) is 29.2 Å². The molecule has 0 radical (unpaired) electrons. The fraction of sp³-hybridized carbons (Fsp3) is 0. The Kier molecular flexibility index (Phi) is 1.94. The lowest BCUT2D eigenvalue weighted by Gasteiger charge is -2.02. The average molecular weight is 249 g/mol. The Morgan fingerprint density at radius 3 is 2.74 bits per heavy atom. The summed E-state index contributed by atoms with van der Waals surface area (Å²) in [5.41, 5.74) is 7.85. The minimum Gasteiger partial charge on any atom is -0.432 e. The number of nitrogens with zero attached hydrogens (tertiary/aromatic N) is 2. The van der Waals surface area contributed by atoms with Crippen molar-refractivity contribution in [2.45, 2.75) is 0 Å². The van der Waals surface area contributed by atoms with E-state index in [0.717, 1.165) is 11.3 Å². The molecular weight excluding hydrogens is 238 g/mol. The van der Waals surface area contributed by atoms with E-state index in [1.807, 2.05) is 18.2 Å². The van der Waals surface area contributed by atoms with E-state index in [1.165, 1.54) is 10.8 Å². The monoisotopic (exact) mass is 249 g/mol. The highest BCUT2D eigenvalue weighted by molar-refractivity contribution is 5.88. The predicted molar refractivity (Wildman–Crippen MR) is 74.8 cm³/mol. The van der Waals surface area contributed by atoms with Crippen LogP contribution in [0.4, 0.5) is 5.82 Å². The SMILES string of the molecule is Nc1c(-c2ccc3ccccc3c2)nc2occn12. The highest BCUT2D eigenvalue weighted by Gasteiger charge is 2.13. The molecule has 0 saturated carbocycles. The molecule has 0 bridgehead atoms. The van der Waals surface area contributed by atoms with Gasteiger partial charge in [-0.05, 0) is 16.8 Å². The molecule has 0 fully saturated rings. The van der Waals surface area contributed by atoms with E-state index >= 15 is 0 Å². The summed E-state index contributed by atoms with van der Waals surface area (Å²) in [5, 5.41) is 2.37. The molecule has 0 amide bonds. The number of imidazole rings is 1. The lowest BCUT2D eigenvalue weighted by atomic mass is 10.1. The van der Waals surface area contributed by atoms with Crippen LogP contribution in [0.5, 0.6) is 0 Å². The first-order chi connectivity index (χ1) is 9.33. The van der Waals surface area contributed by atoms with E-state index in [9.17, 15) is 0 Å². The zero-order chi connectivity index (χ0) is 12.8. The normalized spacial score (nSPS) is 11.4. The van der Waals surface area contributed by atoms with Crippen LogP contribution in [-0.2, 0) is 0 Å². The van der Waals surface area contributed by atoms with Gasteiger partial charge < -0.3 is 10.2 Å². The van der Waals surface area contributed by atoms with Crippen molar-refractivity contribution in [1.29, 1.82) is 0 Å². The minimum absolute atomic E-state index is 0.514. The van der Waals surface area contributed by atoms with E-state index in [1.54, 1.807) is 16.9 Å². The van der Waals surface area contributed by atoms with Crippen LogP contribution < -0.4 is 5.73 Å². The summed E-state index contributed by atoms with van der Waals surface area (Å²) in [4.78, 5) is 4.42. The van der Waals surface area contributed by atoms with Crippen LogP contribution in [0.15, 0.2) is 59.3 Å². The van der Waals surface area contributed by atoms with Gasteiger partial charge in [-0.25, -0.2) is 0 Å². The van der Waals surface area contributed by atoms with Crippen LogP contribution in [0.25, 0.3) is 27.9 Å². The zero-order valence-corrected chi connectivity index (χ0v) is 10.1. The number of oxazole rings is 1. The maximum Gasteiger partial charge on any atom is 0.307 e. The molecule has 2 aromatic heterocycles. The van der Waals surface area contributed by atoms with Crippen molar-refractivity contribution in [3.05, 3.63) is 54.9 Å². The van der Waals surface area contributed by atoms with Crippen molar-refractivity contribution < 1.29 is 4.42 Å². The van der Waals surface area contributed by atoms with Crippen LogP contribution in [0.2, 0.25) is 0 Å². The van der Waals surface area contributed by atoms with Crippen molar-refractivity contribution >= 4 is 22.4 Å². The topological polar surface area (TPSA) is 56.5 Å². The molecule has 4 rings (SSSR count). The molecule has 0 unspecified atom stereocenters. The van der Waals surface area contributed by atoms with E-state index in [0.29, 0.717) is 11.7 Å². The number of benzene rings is 2. The van der Waals surface area contributed by atoms with Crippen molar-refractivity contribution in [1.82, 2.24) is 9.38 Å². The zero-order valence-electron chi connectivity index (χ0n) is 10.1. The Bertz CT molecular complexity index is 889. The Morgan fingerprint density at radius 1 is 1.05 bits per heavy atom. The van der Waals surface area contributed by atoms with E-state index in [4.69, 9.17) is 10.2 Å². The number of hydrogen-bond donors (Lipinski definition) is 1. The number of anilines is 1. The Morgan fingerprint density at radius 2 is 1.89 bits per heavy atom. The van der Waals surface area contributed by atoms with Crippen LogP contribution in [0.3, 0.4) is 0 Å². The molecule has 2 heterocycles. The summed E-state index contributed by atoms with van der Waals surface area (Å²) >= 11 is 0. The second kappa shape index (κ2) is 3.62. The number of rotatable bonds is 1. The van der Waals surface area contributed by atoms with Crippen LogP contribution in [-0.4, -0.2) is 9.38 Å². The van der Waals surface area contributed by atoms with Crippen molar-refractivity contribution in [2.75, 3.05) is 5.73 Å². The molecular formula is C15H11N3O. The molecule has 0 spiro atoms. The number of aromatic nitrogens is 2. The van der Waals surface area contributed by atoms with E-state index in [-0.39, 0.29) is 0 Å². The van der Waals surface area contributed by atoms with Crippen molar-refractivity contribution in [3.63, 3.8) is 0 Å². The molecule has 19 heavy (non-hydrogen) atoms. The largest absolute Gasteiger partial charge is 0.432 e. The van der Waals surface area contributed by atoms with Crippen molar-refractivity contribution in [2.24, 2.45) is 0 Å². The first kappa shape index (κ1) is 10.2. The fourth-order valence-corrected chi connectivity index (χ4v) is 2.35. The third-order valence-corrected chi connectivity index (χ3v) is 3.32. The van der Waals surface area contributed by atoms with Crippen LogP contribution >= 0.6 is 0 Å². The molecule has 2 N–H and O–H groups in total. The second-order valence-electron chi connectivity index (χ2n) is 4.46. The predicted octanol–water partition coefficient (Wildman–Crippen LogP) is 3.33. The van der Waals surface area contributed by atoms with Gasteiger partial charge in [-0.1, -0.05) is 36.4 Å². The van der Waals surface area contributed by atoms with Gasteiger partial charge in [-0.15, -0.1) is 0 Å². The lowest BCUT2D eigenvalue weighted by molar-refractivity contribution is 0.596. The molecule has 0 aliphatic heterocycles. The summed E-state index contributed by atoms with van der Waals surface area (Å²) in [6.07, 6.45) is 3.34. The first-order valence-electron chi connectivity index (χ1n) is 6.03. The highest BCUT2D eigenvalue weighted by Crippen LogP contribution is 2.29. The van der Waals surface area contributed by atoms with Gasteiger partial charge in [0.1, 0.15) is 17.8 Å². The molecule has 0 saturated heterocycles. The van der Waals surface area contributed by atoms with Gasteiger partial charge >= 0.3 is 5.84 Å². The van der Waals surface area contributed by atoms with Gasteiger partial charge in [0.2, 0.25) is 0 Å². The van der Waals surface area contributed by atoms with E-state index < -0.39 is 0 Å². The quantitative estimate of drug-likeness (QED) is 0.563. The van der Waals surface area contributed by atoms with Gasteiger partial charge in [0, 0.05) is 5.56 Å².